The number of piperazine rings is 1. The van der Waals surface area contributed by atoms with Gasteiger partial charge in [-0.3, -0.25) is 4.79 Å². The summed E-state index contributed by atoms with van der Waals surface area (Å²) in [6, 6.07) is 15.2. The quantitative estimate of drug-likeness (QED) is 0.701. The largest absolute Gasteiger partial charge is 0.495 e. The van der Waals surface area contributed by atoms with E-state index < -0.39 is 5.97 Å². The Bertz CT molecular complexity index is 840. The van der Waals surface area contributed by atoms with Crippen molar-refractivity contribution in [2.75, 3.05) is 44.8 Å². The van der Waals surface area contributed by atoms with Crippen molar-refractivity contribution in [2.45, 2.75) is 19.8 Å². The van der Waals surface area contributed by atoms with E-state index in [9.17, 15) is 9.59 Å². The Labute approximate surface area is 172 Å². The van der Waals surface area contributed by atoms with E-state index in [2.05, 4.69) is 18.7 Å². The summed E-state index contributed by atoms with van der Waals surface area (Å²) in [6.45, 7) is 6.53. The van der Waals surface area contributed by atoms with Crippen molar-refractivity contribution in [3.63, 3.8) is 0 Å². The van der Waals surface area contributed by atoms with E-state index in [0.29, 0.717) is 37.7 Å². The topological polar surface area (TPSA) is 59.1 Å². The second-order valence-electron chi connectivity index (χ2n) is 7.39. The SMILES string of the molecule is COc1ccccc1N1CCN(C(=O)COC(=O)c2ccc(C(C)C)cc2)CC1. The standard InChI is InChI=1S/C23H28N2O4/c1-17(2)18-8-10-19(11-9-18)23(27)29-16-22(26)25-14-12-24(13-15-25)20-6-4-5-7-21(20)28-3/h4-11,17H,12-16H2,1-3H3. The van der Waals surface area contributed by atoms with E-state index in [1.165, 1.54) is 0 Å². The van der Waals surface area contributed by atoms with Crippen LogP contribution >= 0.6 is 0 Å². The maximum absolute atomic E-state index is 12.4. The Kier molecular flexibility index (Phi) is 6.75. The molecular formula is C23H28N2O4. The zero-order valence-electron chi connectivity index (χ0n) is 17.3. The van der Waals surface area contributed by atoms with Gasteiger partial charge in [0.15, 0.2) is 6.61 Å². The molecule has 0 bridgehead atoms. The van der Waals surface area contributed by atoms with Crippen LogP contribution in [-0.2, 0) is 9.53 Å². The first kappa shape index (κ1) is 20.7. The number of carbonyl (C=O) groups is 2. The first-order valence-electron chi connectivity index (χ1n) is 9.92. The van der Waals surface area contributed by atoms with Gasteiger partial charge in [0.05, 0.1) is 18.4 Å². The molecule has 1 aliphatic heterocycles. The van der Waals surface area contributed by atoms with Gasteiger partial charge >= 0.3 is 5.97 Å². The number of ether oxygens (including phenoxy) is 2. The lowest BCUT2D eigenvalue weighted by molar-refractivity contribution is -0.134. The number of para-hydroxylation sites is 2. The number of hydrogen-bond donors (Lipinski definition) is 0. The maximum Gasteiger partial charge on any atom is 0.338 e. The number of nitrogens with zero attached hydrogens (tertiary/aromatic N) is 2. The molecule has 0 unspecified atom stereocenters. The summed E-state index contributed by atoms with van der Waals surface area (Å²) in [6.07, 6.45) is 0. The van der Waals surface area contributed by atoms with Gasteiger partial charge in [-0.15, -0.1) is 0 Å². The van der Waals surface area contributed by atoms with Gasteiger partial charge in [-0.1, -0.05) is 38.1 Å². The highest BCUT2D eigenvalue weighted by atomic mass is 16.5. The summed E-state index contributed by atoms with van der Waals surface area (Å²) in [5.74, 6) is 0.582. The van der Waals surface area contributed by atoms with Gasteiger partial charge in [-0.25, -0.2) is 4.79 Å². The summed E-state index contributed by atoms with van der Waals surface area (Å²) in [5, 5.41) is 0. The predicted octanol–water partition coefficient (Wildman–Crippen LogP) is 3.32. The number of rotatable bonds is 6. The number of methoxy groups -OCH3 is 1. The highest BCUT2D eigenvalue weighted by Gasteiger charge is 2.23. The van der Waals surface area contributed by atoms with Gasteiger partial charge in [-0.2, -0.15) is 0 Å². The Hall–Kier alpha value is -3.02. The molecule has 3 rings (SSSR count). The maximum atomic E-state index is 12.4. The van der Waals surface area contributed by atoms with Crippen LogP contribution in [0.1, 0.15) is 35.7 Å². The first-order valence-corrected chi connectivity index (χ1v) is 9.92. The van der Waals surface area contributed by atoms with Crippen LogP contribution in [0.15, 0.2) is 48.5 Å². The fourth-order valence-corrected chi connectivity index (χ4v) is 3.39. The number of carbonyl (C=O) groups excluding carboxylic acids is 2. The molecule has 0 saturated carbocycles. The molecule has 0 radical (unpaired) electrons. The third kappa shape index (κ3) is 5.08. The number of esters is 1. The van der Waals surface area contributed by atoms with E-state index in [0.717, 1.165) is 17.0 Å². The van der Waals surface area contributed by atoms with E-state index in [1.54, 1.807) is 24.1 Å². The van der Waals surface area contributed by atoms with E-state index in [-0.39, 0.29) is 12.5 Å². The molecule has 1 fully saturated rings. The minimum absolute atomic E-state index is 0.170. The van der Waals surface area contributed by atoms with Crippen LogP contribution in [-0.4, -0.2) is 56.7 Å². The molecule has 1 heterocycles. The number of amides is 1. The van der Waals surface area contributed by atoms with Gasteiger partial charge in [0.1, 0.15) is 5.75 Å². The van der Waals surface area contributed by atoms with Crippen LogP contribution < -0.4 is 9.64 Å². The average molecular weight is 396 g/mol. The van der Waals surface area contributed by atoms with Crippen molar-refractivity contribution in [1.29, 1.82) is 0 Å². The van der Waals surface area contributed by atoms with Crippen LogP contribution in [0.3, 0.4) is 0 Å². The Morgan fingerprint density at radius 3 is 2.24 bits per heavy atom. The molecule has 6 heteroatoms. The fraction of sp³-hybridized carbons (Fsp3) is 0.391. The number of hydrogen-bond acceptors (Lipinski definition) is 5. The summed E-state index contributed by atoms with van der Waals surface area (Å²) in [5.41, 5.74) is 2.65. The number of benzene rings is 2. The van der Waals surface area contributed by atoms with Gasteiger partial charge in [0.25, 0.3) is 5.91 Å². The molecule has 29 heavy (non-hydrogen) atoms. The molecule has 0 aliphatic carbocycles. The van der Waals surface area contributed by atoms with Crippen molar-refractivity contribution in [2.24, 2.45) is 0 Å². The molecule has 2 aromatic carbocycles. The Morgan fingerprint density at radius 1 is 0.966 bits per heavy atom. The van der Waals surface area contributed by atoms with Crippen molar-refractivity contribution >= 4 is 17.6 Å². The summed E-state index contributed by atoms with van der Waals surface area (Å²) in [4.78, 5) is 28.6. The highest BCUT2D eigenvalue weighted by molar-refractivity contribution is 5.91. The van der Waals surface area contributed by atoms with E-state index in [4.69, 9.17) is 9.47 Å². The molecule has 6 nitrogen and oxygen atoms in total. The van der Waals surface area contributed by atoms with E-state index >= 15 is 0 Å². The highest BCUT2D eigenvalue weighted by Crippen LogP contribution is 2.28. The van der Waals surface area contributed by atoms with Gasteiger partial charge in [-0.05, 0) is 35.7 Å². The van der Waals surface area contributed by atoms with Crippen molar-refractivity contribution < 1.29 is 19.1 Å². The predicted molar refractivity (Wildman–Crippen MR) is 113 cm³/mol. The smallest absolute Gasteiger partial charge is 0.338 e. The molecule has 1 amide bonds. The monoisotopic (exact) mass is 396 g/mol. The normalized spacial score (nSPS) is 14.1. The molecular weight excluding hydrogens is 368 g/mol. The molecule has 1 aliphatic rings. The third-order valence-corrected chi connectivity index (χ3v) is 5.20. The van der Waals surface area contributed by atoms with Crippen molar-refractivity contribution in [3.05, 3.63) is 59.7 Å². The lowest BCUT2D eigenvalue weighted by atomic mass is 10.0. The minimum atomic E-state index is -0.471. The van der Waals surface area contributed by atoms with Crippen molar-refractivity contribution in [1.82, 2.24) is 4.90 Å². The second kappa shape index (κ2) is 9.45. The minimum Gasteiger partial charge on any atom is -0.495 e. The summed E-state index contributed by atoms with van der Waals surface area (Å²) in [7, 11) is 1.66. The number of anilines is 1. The Morgan fingerprint density at radius 2 is 1.62 bits per heavy atom. The van der Waals surface area contributed by atoms with Crippen LogP contribution in [0.2, 0.25) is 0 Å². The third-order valence-electron chi connectivity index (χ3n) is 5.20. The first-order chi connectivity index (χ1) is 14.0. The Balaban J connectivity index is 1.49. The summed E-state index contributed by atoms with van der Waals surface area (Å²) < 4.78 is 10.6. The van der Waals surface area contributed by atoms with Crippen LogP contribution in [0.5, 0.6) is 5.75 Å². The second-order valence-corrected chi connectivity index (χ2v) is 7.39. The molecule has 0 atom stereocenters. The molecule has 154 valence electrons. The van der Waals surface area contributed by atoms with Crippen LogP contribution in [0.4, 0.5) is 5.69 Å². The van der Waals surface area contributed by atoms with E-state index in [1.807, 2.05) is 36.4 Å². The molecule has 0 spiro atoms. The zero-order valence-corrected chi connectivity index (χ0v) is 17.3. The molecule has 0 aromatic heterocycles. The molecule has 0 N–H and O–H groups in total. The summed E-state index contributed by atoms with van der Waals surface area (Å²) >= 11 is 0. The zero-order chi connectivity index (χ0) is 20.8. The lowest BCUT2D eigenvalue weighted by Crippen LogP contribution is -2.50. The fourth-order valence-electron chi connectivity index (χ4n) is 3.39. The van der Waals surface area contributed by atoms with Gasteiger partial charge in [0.2, 0.25) is 0 Å². The van der Waals surface area contributed by atoms with Gasteiger partial charge in [0, 0.05) is 26.2 Å². The average Bonchev–Trinajstić information content (AvgIpc) is 2.77. The van der Waals surface area contributed by atoms with Gasteiger partial charge < -0.3 is 19.3 Å². The van der Waals surface area contributed by atoms with Crippen LogP contribution in [0.25, 0.3) is 0 Å². The van der Waals surface area contributed by atoms with Crippen molar-refractivity contribution in [3.8, 4) is 5.75 Å². The van der Waals surface area contributed by atoms with Crippen LogP contribution in [0, 0.1) is 0 Å². The molecule has 1 saturated heterocycles. The lowest BCUT2D eigenvalue weighted by Gasteiger charge is -2.36. The molecule has 2 aromatic rings.